The fraction of sp³-hybridized carbons (Fsp3) is 0.708. The monoisotopic (exact) mass is 401 g/mol. The zero-order valence-corrected chi connectivity index (χ0v) is 18.6. The number of benzene rings is 1. The summed E-state index contributed by atoms with van der Waals surface area (Å²) in [4.78, 5) is 12.0. The Morgan fingerprint density at radius 2 is 2.03 bits per heavy atom. The second-order valence-electron chi connectivity index (χ2n) is 10.0. The molecular formula is C24H35NO4. The van der Waals surface area contributed by atoms with E-state index in [0.29, 0.717) is 11.8 Å². The Morgan fingerprint density at radius 1 is 1.28 bits per heavy atom. The van der Waals surface area contributed by atoms with Crippen molar-refractivity contribution < 1.29 is 19.0 Å². The Balaban J connectivity index is 1.67. The van der Waals surface area contributed by atoms with Gasteiger partial charge in [0.15, 0.2) is 11.5 Å². The molecule has 1 amide bonds. The Hall–Kier alpha value is -1.75. The van der Waals surface area contributed by atoms with Crippen LogP contribution in [0.15, 0.2) is 18.2 Å². The Bertz CT molecular complexity index is 789. The van der Waals surface area contributed by atoms with Gasteiger partial charge >= 0.3 is 0 Å². The van der Waals surface area contributed by atoms with Gasteiger partial charge in [0.25, 0.3) is 0 Å². The van der Waals surface area contributed by atoms with Gasteiger partial charge in [0.2, 0.25) is 5.91 Å². The summed E-state index contributed by atoms with van der Waals surface area (Å²) in [7, 11) is 1.68. The molecule has 1 aliphatic heterocycles. The first kappa shape index (κ1) is 20.5. The highest BCUT2D eigenvalue weighted by molar-refractivity contribution is 5.73. The Morgan fingerprint density at radius 3 is 2.69 bits per heavy atom. The highest BCUT2D eigenvalue weighted by Gasteiger charge is 2.68. The van der Waals surface area contributed by atoms with Crippen LogP contribution in [0, 0.1) is 22.7 Å². The van der Waals surface area contributed by atoms with Crippen LogP contribution in [0.4, 0.5) is 0 Å². The fourth-order valence-corrected chi connectivity index (χ4v) is 6.53. The fourth-order valence-electron chi connectivity index (χ4n) is 6.53. The highest BCUT2D eigenvalue weighted by Crippen LogP contribution is 2.70. The van der Waals surface area contributed by atoms with Crippen LogP contribution >= 0.6 is 0 Å². The molecule has 1 heterocycles. The number of nitrogens with one attached hydrogen (secondary N) is 1. The molecule has 2 saturated carbocycles. The second-order valence-corrected chi connectivity index (χ2v) is 10.0. The quantitative estimate of drug-likeness (QED) is 0.789. The van der Waals surface area contributed by atoms with Crippen molar-refractivity contribution >= 4 is 5.91 Å². The van der Waals surface area contributed by atoms with Crippen LogP contribution in [0.3, 0.4) is 0 Å². The predicted molar refractivity (Wildman–Crippen MR) is 112 cm³/mol. The number of carbonyl (C=O) groups excluding carboxylic acids is 1. The van der Waals surface area contributed by atoms with Crippen LogP contribution in [0.1, 0.15) is 65.5 Å². The summed E-state index contributed by atoms with van der Waals surface area (Å²) in [5.74, 6) is 2.61. The van der Waals surface area contributed by atoms with Crippen LogP contribution in [0.25, 0.3) is 0 Å². The van der Waals surface area contributed by atoms with Crippen LogP contribution in [-0.2, 0) is 9.53 Å². The molecule has 1 aromatic carbocycles. The normalized spacial score (nSPS) is 34.7. The molecule has 160 valence electrons. The maximum atomic E-state index is 12.0. The van der Waals surface area contributed by atoms with Crippen LogP contribution in [-0.4, -0.2) is 31.8 Å². The zero-order valence-electron chi connectivity index (χ0n) is 18.6. The summed E-state index contributed by atoms with van der Waals surface area (Å²) in [6, 6.07) is 6.40. The maximum absolute atomic E-state index is 12.0. The van der Waals surface area contributed by atoms with Gasteiger partial charge in [-0.1, -0.05) is 19.9 Å². The van der Waals surface area contributed by atoms with Crippen molar-refractivity contribution in [2.24, 2.45) is 22.7 Å². The molecule has 1 aromatic rings. The molecule has 1 spiro atoms. The van der Waals surface area contributed by atoms with Crippen LogP contribution < -0.4 is 14.8 Å². The molecule has 3 fully saturated rings. The molecule has 1 saturated heterocycles. The van der Waals surface area contributed by atoms with E-state index in [1.54, 1.807) is 14.0 Å². The van der Waals surface area contributed by atoms with Gasteiger partial charge in [-0.3, -0.25) is 4.79 Å². The summed E-state index contributed by atoms with van der Waals surface area (Å²) in [5, 5.41) is 3.34. The van der Waals surface area contributed by atoms with Gasteiger partial charge in [0.05, 0.1) is 19.3 Å². The van der Waals surface area contributed by atoms with E-state index in [9.17, 15) is 4.79 Å². The van der Waals surface area contributed by atoms with Crippen molar-refractivity contribution in [2.75, 3.05) is 13.7 Å². The van der Waals surface area contributed by atoms with E-state index in [1.165, 1.54) is 6.42 Å². The van der Waals surface area contributed by atoms with Gasteiger partial charge in [-0.2, -0.15) is 0 Å². The standard InChI is InChI=1S/C24H35NO4/c1-14(2)29-19-8-7-16(11-20(19)27-6)21-18-12-17-13-24(18,9-10-28-21)22(23(17,4)5)25-15(3)26/h7-8,11,14,17-18,21-22H,9-10,12-13H2,1-6H3,(H,25,26)/t17-,18-,21-,22-,24?/m1/s1. The third-order valence-electron chi connectivity index (χ3n) is 7.73. The molecule has 0 aromatic heterocycles. The molecule has 3 aliphatic rings. The topological polar surface area (TPSA) is 56.8 Å². The molecule has 5 heteroatoms. The Labute approximate surface area is 174 Å². The number of amides is 1. The lowest BCUT2D eigenvalue weighted by atomic mass is 9.59. The van der Waals surface area contributed by atoms with E-state index in [0.717, 1.165) is 36.5 Å². The predicted octanol–water partition coefficient (Wildman–Crippen LogP) is 4.50. The first-order chi connectivity index (χ1) is 13.7. The number of rotatable bonds is 5. The number of carbonyl (C=O) groups is 1. The molecule has 1 N–H and O–H groups in total. The van der Waals surface area contributed by atoms with Crippen molar-refractivity contribution in [1.82, 2.24) is 5.32 Å². The summed E-state index contributed by atoms with van der Waals surface area (Å²) < 4.78 is 17.9. The minimum absolute atomic E-state index is 0.0307. The molecule has 1 unspecified atom stereocenters. The molecule has 2 aliphatic carbocycles. The lowest BCUT2D eigenvalue weighted by Gasteiger charge is -2.53. The minimum Gasteiger partial charge on any atom is -0.493 e. The van der Waals surface area contributed by atoms with Gasteiger partial charge in [-0.05, 0) is 73.5 Å². The molecule has 5 atom stereocenters. The van der Waals surface area contributed by atoms with E-state index in [2.05, 4.69) is 31.3 Å². The largest absolute Gasteiger partial charge is 0.493 e. The van der Waals surface area contributed by atoms with Gasteiger partial charge in [0, 0.05) is 19.6 Å². The lowest BCUT2D eigenvalue weighted by molar-refractivity contribution is -0.136. The number of ether oxygens (including phenoxy) is 3. The molecule has 4 rings (SSSR count). The summed E-state index contributed by atoms with van der Waals surface area (Å²) in [6.45, 7) is 11.1. The SMILES string of the molecule is COc1cc([C@H]2OCCC34C[C@@H](C[C@H]23)C(C)(C)[C@H]4NC(C)=O)ccc1OC(C)C. The highest BCUT2D eigenvalue weighted by atomic mass is 16.5. The van der Waals surface area contributed by atoms with E-state index < -0.39 is 0 Å². The van der Waals surface area contributed by atoms with Crippen molar-refractivity contribution in [3.8, 4) is 11.5 Å². The summed E-state index contributed by atoms with van der Waals surface area (Å²) >= 11 is 0. The summed E-state index contributed by atoms with van der Waals surface area (Å²) in [5.41, 5.74) is 1.38. The van der Waals surface area contributed by atoms with Crippen molar-refractivity contribution in [2.45, 2.75) is 72.1 Å². The Kier molecular flexibility index (Phi) is 5.09. The average Bonchev–Trinajstić information content (AvgIpc) is 3.14. The molecule has 5 nitrogen and oxygen atoms in total. The number of fused-ring (bicyclic) bond motifs is 1. The van der Waals surface area contributed by atoms with Crippen molar-refractivity contribution in [1.29, 1.82) is 0 Å². The third kappa shape index (κ3) is 3.22. The lowest BCUT2D eigenvalue weighted by Crippen LogP contribution is -2.58. The molecular weight excluding hydrogens is 366 g/mol. The van der Waals surface area contributed by atoms with Crippen LogP contribution in [0.2, 0.25) is 0 Å². The number of hydrogen-bond donors (Lipinski definition) is 1. The first-order valence-corrected chi connectivity index (χ1v) is 10.9. The molecule has 29 heavy (non-hydrogen) atoms. The van der Waals surface area contributed by atoms with E-state index in [4.69, 9.17) is 14.2 Å². The van der Waals surface area contributed by atoms with Gasteiger partial charge < -0.3 is 19.5 Å². The zero-order chi connectivity index (χ0) is 21.0. The smallest absolute Gasteiger partial charge is 0.217 e. The first-order valence-electron chi connectivity index (χ1n) is 10.9. The number of methoxy groups -OCH3 is 1. The minimum atomic E-state index is 0.0307. The third-order valence-corrected chi connectivity index (χ3v) is 7.73. The van der Waals surface area contributed by atoms with E-state index in [-0.39, 0.29) is 35.0 Å². The maximum Gasteiger partial charge on any atom is 0.217 e. The molecule has 0 radical (unpaired) electrons. The van der Waals surface area contributed by atoms with E-state index in [1.807, 2.05) is 19.9 Å². The van der Waals surface area contributed by atoms with Crippen LogP contribution in [0.5, 0.6) is 11.5 Å². The van der Waals surface area contributed by atoms with Gasteiger partial charge in [-0.15, -0.1) is 0 Å². The van der Waals surface area contributed by atoms with Gasteiger partial charge in [0.1, 0.15) is 0 Å². The average molecular weight is 402 g/mol. The second kappa shape index (κ2) is 7.19. The van der Waals surface area contributed by atoms with Crippen molar-refractivity contribution in [3.05, 3.63) is 23.8 Å². The summed E-state index contributed by atoms with van der Waals surface area (Å²) in [6.07, 6.45) is 3.48. The molecule has 2 bridgehead atoms. The van der Waals surface area contributed by atoms with Crippen molar-refractivity contribution in [3.63, 3.8) is 0 Å². The number of hydrogen-bond acceptors (Lipinski definition) is 4. The van der Waals surface area contributed by atoms with E-state index >= 15 is 0 Å². The van der Waals surface area contributed by atoms with Gasteiger partial charge in [-0.25, -0.2) is 0 Å².